The molecule has 1 saturated heterocycles. The molecule has 0 spiro atoms. The number of ether oxygens (including phenoxy) is 1. The van der Waals surface area contributed by atoms with Crippen molar-refractivity contribution in [2.75, 3.05) is 20.2 Å². The van der Waals surface area contributed by atoms with Crippen LogP contribution in [0.2, 0.25) is 0 Å². The van der Waals surface area contributed by atoms with Gasteiger partial charge in [0.05, 0.1) is 13.7 Å². The van der Waals surface area contributed by atoms with Crippen molar-refractivity contribution in [3.63, 3.8) is 0 Å². The molecule has 0 saturated carbocycles. The van der Waals surface area contributed by atoms with Crippen LogP contribution in [0, 0.1) is 0 Å². The van der Waals surface area contributed by atoms with E-state index in [0.29, 0.717) is 12.5 Å². The van der Waals surface area contributed by atoms with Gasteiger partial charge in [-0.15, -0.1) is 11.3 Å². The highest BCUT2D eigenvalue weighted by atomic mass is 32.1. The number of hydrogen-bond donors (Lipinski definition) is 1. The first-order valence-electron chi connectivity index (χ1n) is 8.03. The van der Waals surface area contributed by atoms with Gasteiger partial charge >= 0.3 is 0 Å². The van der Waals surface area contributed by atoms with Crippen LogP contribution in [0.3, 0.4) is 0 Å². The van der Waals surface area contributed by atoms with Gasteiger partial charge in [0.15, 0.2) is 5.96 Å². The summed E-state index contributed by atoms with van der Waals surface area (Å²) in [4.78, 5) is 7.99. The minimum absolute atomic E-state index is 0.656. The number of aliphatic imine (C=N–C) groups is 1. The smallest absolute Gasteiger partial charge is 0.191 e. The summed E-state index contributed by atoms with van der Waals surface area (Å²) in [6.45, 7) is 2.73. The number of thiophene rings is 1. The summed E-state index contributed by atoms with van der Waals surface area (Å²) in [5.41, 5.74) is 8.53. The SMILES string of the molecule is COc1ccc(-c2csc(CN=C(N)N3CCCCC3)c2)cc1. The third-order valence-electron chi connectivity index (χ3n) is 4.15. The monoisotopic (exact) mass is 329 g/mol. The maximum absolute atomic E-state index is 6.11. The molecule has 23 heavy (non-hydrogen) atoms. The normalized spacial score (nSPS) is 15.7. The molecule has 1 aromatic carbocycles. The minimum Gasteiger partial charge on any atom is -0.497 e. The number of piperidine rings is 1. The first-order valence-corrected chi connectivity index (χ1v) is 8.91. The van der Waals surface area contributed by atoms with Crippen molar-refractivity contribution in [1.82, 2.24) is 4.90 Å². The molecular weight excluding hydrogens is 306 g/mol. The van der Waals surface area contributed by atoms with Crippen LogP contribution >= 0.6 is 11.3 Å². The number of rotatable bonds is 4. The maximum Gasteiger partial charge on any atom is 0.191 e. The van der Waals surface area contributed by atoms with E-state index in [9.17, 15) is 0 Å². The Hall–Kier alpha value is -2.01. The fraction of sp³-hybridized carbons (Fsp3) is 0.389. The zero-order valence-corrected chi connectivity index (χ0v) is 14.3. The molecular formula is C18H23N3OS. The number of likely N-dealkylation sites (tertiary alicyclic amines) is 1. The van der Waals surface area contributed by atoms with Crippen LogP contribution in [0.1, 0.15) is 24.1 Å². The van der Waals surface area contributed by atoms with Gasteiger partial charge in [0.2, 0.25) is 0 Å². The van der Waals surface area contributed by atoms with Gasteiger partial charge in [-0.05, 0) is 54.0 Å². The van der Waals surface area contributed by atoms with Crippen LogP contribution in [0.4, 0.5) is 0 Å². The number of benzene rings is 1. The lowest BCUT2D eigenvalue weighted by Crippen LogP contribution is -2.40. The van der Waals surface area contributed by atoms with Gasteiger partial charge in [-0.3, -0.25) is 0 Å². The van der Waals surface area contributed by atoms with Crippen LogP contribution in [-0.4, -0.2) is 31.1 Å². The maximum atomic E-state index is 6.11. The summed E-state index contributed by atoms with van der Waals surface area (Å²) in [6, 6.07) is 10.3. The third kappa shape index (κ3) is 4.05. The Morgan fingerprint density at radius 3 is 2.61 bits per heavy atom. The largest absolute Gasteiger partial charge is 0.497 e. The standard InChI is InChI=1S/C18H23N3OS/c1-22-16-7-5-14(6-8-16)15-11-17(23-13-15)12-20-18(19)21-9-3-2-4-10-21/h5-8,11,13H,2-4,9-10,12H2,1H3,(H2,19,20). The first-order chi connectivity index (χ1) is 11.3. The molecule has 5 heteroatoms. The van der Waals surface area contributed by atoms with Crippen LogP contribution in [-0.2, 0) is 6.54 Å². The van der Waals surface area contributed by atoms with Crippen molar-refractivity contribution < 1.29 is 4.74 Å². The molecule has 4 nitrogen and oxygen atoms in total. The summed E-state index contributed by atoms with van der Waals surface area (Å²) in [5.74, 6) is 1.56. The molecule has 122 valence electrons. The van der Waals surface area contributed by atoms with E-state index in [1.807, 2.05) is 12.1 Å². The van der Waals surface area contributed by atoms with E-state index in [1.165, 1.54) is 35.3 Å². The lowest BCUT2D eigenvalue weighted by molar-refractivity contribution is 0.338. The molecule has 0 unspecified atom stereocenters. The van der Waals surface area contributed by atoms with Crippen molar-refractivity contribution in [3.05, 3.63) is 40.6 Å². The number of nitrogens with zero attached hydrogens (tertiary/aromatic N) is 2. The van der Waals surface area contributed by atoms with Gasteiger partial charge < -0.3 is 15.4 Å². The Morgan fingerprint density at radius 1 is 1.17 bits per heavy atom. The van der Waals surface area contributed by atoms with E-state index in [2.05, 4.69) is 33.5 Å². The van der Waals surface area contributed by atoms with Crippen molar-refractivity contribution >= 4 is 17.3 Å². The van der Waals surface area contributed by atoms with Crippen LogP contribution in [0.15, 0.2) is 40.7 Å². The lowest BCUT2D eigenvalue weighted by atomic mass is 10.1. The Balaban J connectivity index is 1.64. The van der Waals surface area contributed by atoms with E-state index in [1.54, 1.807) is 18.4 Å². The Morgan fingerprint density at radius 2 is 1.91 bits per heavy atom. The second-order valence-electron chi connectivity index (χ2n) is 5.75. The Labute approximate surface area is 141 Å². The van der Waals surface area contributed by atoms with Gasteiger partial charge in [-0.25, -0.2) is 4.99 Å². The van der Waals surface area contributed by atoms with Gasteiger partial charge in [0, 0.05) is 18.0 Å². The summed E-state index contributed by atoms with van der Waals surface area (Å²) >= 11 is 1.73. The van der Waals surface area contributed by atoms with Gasteiger partial charge in [-0.2, -0.15) is 0 Å². The van der Waals surface area contributed by atoms with Crippen molar-refractivity contribution in [1.29, 1.82) is 0 Å². The minimum atomic E-state index is 0.656. The quantitative estimate of drug-likeness (QED) is 0.687. The molecule has 1 fully saturated rings. The highest BCUT2D eigenvalue weighted by molar-refractivity contribution is 7.10. The number of hydrogen-bond acceptors (Lipinski definition) is 3. The van der Waals surface area contributed by atoms with Crippen LogP contribution in [0.25, 0.3) is 11.1 Å². The molecule has 1 aliphatic heterocycles. The molecule has 0 atom stereocenters. The Kier molecular flexibility index (Phi) is 5.18. The number of nitrogens with two attached hydrogens (primary N) is 1. The predicted molar refractivity (Wildman–Crippen MR) is 97.1 cm³/mol. The van der Waals surface area contributed by atoms with Crippen molar-refractivity contribution in [2.24, 2.45) is 10.7 Å². The van der Waals surface area contributed by atoms with Crippen molar-refractivity contribution in [3.8, 4) is 16.9 Å². The third-order valence-corrected chi connectivity index (χ3v) is 5.08. The molecule has 0 aliphatic carbocycles. The highest BCUT2D eigenvalue weighted by Crippen LogP contribution is 2.27. The van der Waals surface area contributed by atoms with E-state index in [0.717, 1.165) is 18.8 Å². The van der Waals surface area contributed by atoms with E-state index >= 15 is 0 Å². The lowest BCUT2D eigenvalue weighted by Gasteiger charge is -2.27. The number of guanidine groups is 1. The molecule has 1 aromatic heterocycles. The fourth-order valence-corrected chi connectivity index (χ4v) is 3.60. The molecule has 3 rings (SSSR count). The summed E-state index contributed by atoms with van der Waals surface area (Å²) in [7, 11) is 1.68. The first kappa shape index (κ1) is 15.9. The van der Waals surface area contributed by atoms with E-state index in [-0.39, 0.29) is 0 Å². The zero-order chi connectivity index (χ0) is 16.1. The van der Waals surface area contributed by atoms with Gasteiger partial charge in [0.1, 0.15) is 5.75 Å². The second kappa shape index (κ2) is 7.51. The van der Waals surface area contributed by atoms with Gasteiger partial charge in [-0.1, -0.05) is 12.1 Å². The van der Waals surface area contributed by atoms with Crippen molar-refractivity contribution in [2.45, 2.75) is 25.8 Å². The average Bonchev–Trinajstić information content (AvgIpc) is 3.09. The summed E-state index contributed by atoms with van der Waals surface area (Å²) in [6.07, 6.45) is 3.74. The molecule has 0 radical (unpaired) electrons. The van der Waals surface area contributed by atoms with Gasteiger partial charge in [0.25, 0.3) is 0 Å². The van der Waals surface area contributed by atoms with Crippen LogP contribution in [0.5, 0.6) is 5.75 Å². The molecule has 1 aliphatic rings. The highest BCUT2D eigenvalue weighted by Gasteiger charge is 2.11. The van der Waals surface area contributed by atoms with E-state index < -0.39 is 0 Å². The summed E-state index contributed by atoms with van der Waals surface area (Å²) in [5, 5.41) is 2.17. The molecule has 0 amide bonds. The second-order valence-corrected chi connectivity index (χ2v) is 6.75. The molecule has 0 bridgehead atoms. The van der Waals surface area contributed by atoms with E-state index in [4.69, 9.17) is 10.5 Å². The summed E-state index contributed by atoms with van der Waals surface area (Å²) < 4.78 is 5.20. The zero-order valence-electron chi connectivity index (χ0n) is 13.5. The Bertz CT molecular complexity index is 657. The predicted octanol–water partition coefficient (Wildman–Crippen LogP) is 3.72. The molecule has 2 heterocycles. The topological polar surface area (TPSA) is 50.9 Å². The van der Waals surface area contributed by atoms with Crippen LogP contribution < -0.4 is 10.5 Å². The fourth-order valence-electron chi connectivity index (χ4n) is 2.78. The number of methoxy groups -OCH3 is 1. The average molecular weight is 329 g/mol. The molecule has 2 aromatic rings. The molecule has 2 N–H and O–H groups in total.